The number of hydrogen-bond donors (Lipinski definition) is 1. The van der Waals surface area contributed by atoms with E-state index < -0.39 is 5.97 Å². The molecule has 7 nitrogen and oxygen atoms in total. The summed E-state index contributed by atoms with van der Waals surface area (Å²) < 4.78 is 10.0. The summed E-state index contributed by atoms with van der Waals surface area (Å²) in [4.78, 5) is 29.6. The monoisotopic (exact) mass is 407 g/mol. The number of hydrogen-bond acceptors (Lipinski definition) is 7. The number of aromatic nitrogens is 2. The average Bonchev–Trinajstić information content (AvgIpc) is 3.34. The molecule has 1 N–H and O–H groups in total. The Labute approximate surface area is 170 Å². The van der Waals surface area contributed by atoms with Crippen LogP contribution in [0, 0.1) is 13.8 Å². The minimum atomic E-state index is -0.446. The maximum absolute atomic E-state index is 13.0. The summed E-state index contributed by atoms with van der Waals surface area (Å²) >= 11 is 1.14. The van der Waals surface area contributed by atoms with Gasteiger partial charge < -0.3 is 14.6 Å². The molecule has 0 saturated carbocycles. The van der Waals surface area contributed by atoms with Gasteiger partial charge in [-0.2, -0.15) is 0 Å². The van der Waals surface area contributed by atoms with E-state index >= 15 is 0 Å². The van der Waals surface area contributed by atoms with E-state index in [1.165, 1.54) is 7.11 Å². The molecule has 4 rings (SSSR count). The zero-order valence-electron chi connectivity index (χ0n) is 16.0. The van der Waals surface area contributed by atoms with Crippen LogP contribution < -0.4 is 5.32 Å². The van der Waals surface area contributed by atoms with Gasteiger partial charge in [-0.1, -0.05) is 35.0 Å². The lowest BCUT2D eigenvalue weighted by atomic mass is 10.0. The summed E-state index contributed by atoms with van der Waals surface area (Å²) in [5.74, 6) is -0.784. The maximum atomic E-state index is 13.0. The molecule has 0 atom stereocenters. The van der Waals surface area contributed by atoms with E-state index in [0.717, 1.165) is 22.5 Å². The van der Waals surface area contributed by atoms with Crippen molar-refractivity contribution in [3.8, 4) is 11.3 Å². The number of amides is 1. The lowest BCUT2D eigenvalue weighted by molar-refractivity contribution is 0.0606. The van der Waals surface area contributed by atoms with Crippen molar-refractivity contribution in [2.45, 2.75) is 13.8 Å². The molecule has 3 aromatic heterocycles. The van der Waals surface area contributed by atoms with Crippen LogP contribution >= 0.6 is 11.3 Å². The molecule has 1 aromatic carbocycles. The minimum absolute atomic E-state index is 0.298. The van der Waals surface area contributed by atoms with Gasteiger partial charge in [-0.3, -0.25) is 4.79 Å². The number of fused-ring (bicyclic) bond motifs is 1. The summed E-state index contributed by atoms with van der Waals surface area (Å²) in [6.45, 7) is 3.76. The maximum Gasteiger partial charge on any atom is 0.348 e. The van der Waals surface area contributed by atoms with Gasteiger partial charge in [-0.15, -0.1) is 11.3 Å². The van der Waals surface area contributed by atoms with E-state index in [1.54, 1.807) is 25.1 Å². The molecular weight excluding hydrogens is 390 g/mol. The first-order valence-corrected chi connectivity index (χ1v) is 9.61. The van der Waals surface area contributed by atoms with E-state index in [2.05, 4.69) is 15.5 Å². The molecule has 0 unspecified atom stereocenters. The highest BCUT2D eigenvalue weighted by atomic mass is 32.1. The van der Waals surface area contributed by atoms with Crippen LogP contribution in [0.25, 0.3) is 22.4 Å². The molecule has 1 amide bonds. The van der Waals surface area contributed by atoms with E-state index in [1.807, 2.05) is 31.2 Å². The van der Waals surface area contributed by atoms with Crippen molar-refractivity contribution in [1.82, 2.24) is 10.1 Å². The molecule has 3 heterocycles. The van der Waals surface area contributed by atoms with Crippen LogP contribution in [-0.4, -0.2) is 29.1 Å². The second-order valence-electron chi connectivity index (χ2n) is 6.48. The summed E-state index contributed by atoms with van der Waals surface area (Å²) in [7, 11) is 1.31. The summed E-state index contributed by atoms with van der Waals surface area (Å²) in [6.07, 6.45) is 0. The average molecular weight is 407 g/mol. The second-order valence-corrected chi connectivity index (χ2v) is 7.56. The number of rotatable bonds is 4. The first-order valence-electron chi connectivity index (χ1n) is 8.80. The molecule has 0 fully saturated rings. The number of benzene rings is 1. The number of carbonyl (C=O) groups is 2. The van der Waals surface area contributed by atoms with Gasteiger partial charge >= 0.3 is 5.97 Å². The van der Waals surface area contributed by atoms with Gasteiger partial charge in [0.1, 0.15) is 4.88 Å². The first kappa shape index (κ1) is 18.8. The standard InChI is InChI=1S/C21H17N3O4S/c1-11-4-6-13(7-5-11)15-10-14(18-12(2)24-28-20(18)22-15)19(25)23-17-9-8-16(29-17)21(26)27-3/h4-10H,1-3H3,(H,23,25). The predicted octanol–water partition coefficient (Wildman–Crippen LogP) is 4.61. The fraction of sp³-hybridized carbons (Fsp3) is 0.143. The number of anilines is 1. The van der Waals surface area contributed by atoms with Crippen LogP contribution in [0.4, 0.5) is 5.00 Å². The summed E-state index contributed by atoms with van der Waals surface area (Å²) in [5, 5.41) is 7.88. The van der Waals surface area contributed by atoms with Crippen LogP contribution in [0.2, 0.25) is 0 Å². The molecule has 0 aliphatic rings. The van der Waals surface area contributed by atoms with Gasteiger partial charge in [0.2, 0.25) is 0 Å². The third kappa shape index (κ3) is 3.62. The number of carbonyl (C=O) groups excluding carboxylic acids is 2. The fourth-order valence-electron chi connectivity index (χ4n) is 2.94. The number of ether oxygens (including phenoxy) is 1. The fourth-order valence-corrected chi connectivity index (χ4v) is 3.76. The zero-order valence-corrected chi connectivity index (χ0v) is 16.8. The normalized spacial score (nSPS) is 10.9. The van der Waals surface area contributed by atoms with Crippen molar-refractivity contribution in [2.24, 2.45) is 0 Å². The van der Waals surface area contributed by atoms with Crippen LogP contribution in [0.15, 0.2) is 47.0 Å². The highest BCUT2D eigenvalue weighted by Gasteiger charge is 2.20. The molecule has 8 heteroatoms. The van der Waals surface area contributed by atoms with Gasteiger partial charge in [-0.25, -0.2) is 9.78 Å². The second kappa shape index (κ2) is 7.48. The Morgan fingerprint density at radius 1 is 1.10 bits per heavy atom. The topological polar surface area (TPSA) is 94.3 Å². The number of aryl methyl sites for hydroxylation is 2. The Morgan fingerprint density at radius 2 is 1.86 bits per heavy atom. The first-order chi connectivity index (χ1) is 14.0. The highest BCUT2D eigenvalue weighted by Crippen LogP contribution is 2.29. The highest BCUT2D eigenvalue weighted by molar-refractivity contribution is 7.18. The van der Waals surface area contributed by atoms with E-state index in [4.69, 9.17) is 9.26 Å². The van der Waals surface area contributed by atoms with Crippen molar-refractivity contribution in [1.29, 1.82) is 0 Å². The number of nitrogens with one attached hydrogen (secondary N) is 1. The van der Waals surface area contributed by atoms with Crippen molar-refractivity contribution in [2.75, 3.05) is 12.4 Å². The number of esters is 1. The minimum Gasteiger partial charge on any atom is -0.465 e. The van der Waals surface area contributed by atoms with Crippen LogP contribution in [0.3, 0.4) is 0 Å². The number of nitrogens with zero attached hydrogens (tertiary/aromatic N) is 2. The van der Waals surface area contributed by atoms with Gasteiger partial charge in [-0.05, 0) is 32.0 Å². The third-order valence-electron chi connectivity index (χ3n) is 4.44. The Balaban J connectivity index is 1.74. The van der Waals surface area contributed by atoms with E-state index in [9.17, 15) is 9.59 Å². The lowest BCUT2D eigenvalue weighted by Crippen LogP contribution is -2.12. The Kier molecular flexibility index (Phi) is 4.85. The van der Waals surface area contributed by atoms with E-state index in [-0.39, 0.29) is 5.91 Å². The molecule has 0 aliphatic heterocycles. The van der Waals surface area contributed by atoms with Gasteiger partial charge in [0, 0.05) is 5.56 Å². The molecule has 4 aromatic rings. The van der Waals surface area contributed by atoms with Crippen molar-refractivity contribution < 1.29 is 18.8 Å². The van der Waals surface area contributed by atoms with Gasteiger partial charge in [0.25, 0.3) is 11.6 Å². The largest absolute Gasteiger partial charge is 0.465 e. The number of pyridine rings is 1. The van der Waals surface area contributed by atoms with Crippen LogP contribution in [-0.2, 0) is 4.74 Å². The predicted molar refractivity (Wildman–Crippen MR) is 110 cm³/mol. The summed E-state index contributed by atoms with van der Waals surface area (Å²) in [6, 6.07) is 12.8. The molecule has 0 bridgehead atoms. The van der Waals surface area contributed by atoms with Crippen molar-refractivity contribution >= 4 is 39.3 Å². The molecule has 0 saturated heterocycles. The molecular formula is C21H17N3O4S. The van der Waals surface area contributed by atoms with Gasteiger partial charge in [0.15, 0.2) is 0 Å². The van der Waals surface area contributed by atoms with Crippen LogP contribution in [0.5, 0.6) is 0 Å². The number of thiophene rings is 1. The smallest absolute Gasteiger partial charge is 0.348 e. The quantitative estimate of drug-likeness (QED) is 0.497. The molecule has 146 valence electrons. The molecule has 29 heavy (non-hydrogen) atoms. The molecule has 0 aliphatic carbocycles. The van der Waals surface area contributed by atoms with E-state index in [0.29, 0.717) is 37.9 Å². The Morgan fingerprint density at radius 3 is 2.59 bits per heavy atom. The number of methoxy groups -OCH3 is 1. The lowest BCUT2D eigenvalue weighted by Gasteiger charge is -2.07. The molecule has 0 radical (unpaired) electrons. The Hall–Kier alpha value is -3.52. The van der Waals surface area contributed by atoms with Crippen molar-refractivity contribution in [3.05, 3.63) is 64.2 Å². The third-order valence-corrected chi connectivity index (χ3v) is 5.42. The zero-order chi connectivity index (χ0) is 20.5. The van der Waals surface area contributed by atoms with Crippen LogP contribution in [0.1, 0.15) is 31.3 Å². The SMILES string of the molecule is COC(=O)c1ccc(NC(=O)c2cc(-c3ccc(C)cc3)nc3onc(C)c23)s1. The molecule has 0 spiro atoms. The van der Waals surface area contributed by atoms with Gasteiger partial charge in [0.05, 0.1) is 34.4 Å². The Bertz CT molecular complexity index is 1220. The van der Waals surface area contributed by atoms with Crippen molar-refractivity contribution in [3.63, 3.8) is 0 Å². The summed E-state index contributed by atoms with van der Waals surface area (Å²) in [5.41, 5.74) is 3.88.